The summed E-state index contributed by atoms with van der Waals surface area (Å²) >= 11 is 3.18. The third-order valence-electron chi connectivity index (χ3n) is 2.33. The highest BCUT2D eigenvalue weighted by Crippen LogP contribution is 2.30. The monoisotopic (exact) mass is 293 g/mol. The number of nitriles is 1. The third kappa shape index (κ3) is 2.34. The van der Waals surface area contributed by atoms with Crippen LogP contribution in [-0.4, -0.2) is 0 Å². The largest absolute Gasteiger partial charge is 0.204 e. The van der Waals surface area contributed by atoms with E-state index in [0.29, 0.717) is 15.6 Å². The maximum absolute atomic E-state index is 13.1. The van der Waals surface area contributed by atoms with Gasteiger partial charge in [0.15, 0.2) is 11.6 Å². The maximum Gasteiger partial charge on any atom is 0.159 e. The molecule has 17 heavy (non-hydrogen) atoms. The molecule has 0 fully saturated rings. The summed E-state index contributed by atoms with van der Waals surface area (Å²) in [5.74, 6) is -1.79. The van der Waals surface area contributed by atoms with Crippen molar-refractivity contribution in [2.45, 2.75) is 0 Å². The molecule has 0 saturated heterocycles. The fourth-order valence-electron chi connectivity index (χ4n) is 1.47. The Morgan fingerprint density at radius 2 is 1.59 bits per heavy atom. The van der Waals surface area contributed by atoms with Gasteiger partial charge in [-0.1, -0.05) is 28.1 Å². The molecule has 0 bridgehead atoms. The second-order valence-corrected chi connectivity index (χ2v) is 4.29. The molecule has 2 aromatic carbocycles. The molecule has 4 heteroatoms. The Morgan fingerprint density at radius 1 is 1.00 bits per heavy atom. The average Bonchev–Trinajstić information content (AvgIpc) is 2.34. The minimum Gasteiger partial charge on any atom is -0.204 e. The first-order valence-electron chi connectivity index (χ1n) is 4.77. The Kier molecular flexibility index (Phi) is 3.21. The van der Waals surface area contributed by atoms with Crippen LogP contribution < -0.4 is 0 Å². The highest BCUT2D eigenvalue weighted by atomic mass is 79.9. The second kappa shape index (κ2) is 4.64. The van der Waals surface area contributed by atoms with E-state index in [0.717, 1.165) is 17.7 Å². The molecule has 0 amide bonds. The fourth-order valence-corrected chi connectivity index (χ4v) is 2.01. The molecule has 0 saturated carbocycles. The topological polar surface area (TPSA) is 23.8 Å². The Balaban J connectivity index is 2.53. The molecule has 0 unspecified atom stereocenters. The maximum atomic E-state index is 13.1. The number of halogens is 3. The highest BCUT2D eigenvalue weighted by Gasteiger charge is 2.09. The van der Waals surface area contributed by atoms with Crippen molar-refractivity contribution in [1.82, 2.24) is 0 Å². The molecule has 2 rings (SSSR count). The summed E-state index contributed by atoms with van der Waals surface area (Å²) in [6.45, 7) is 0. The number of hydrogen-bond acceptors (Lipinski definition) is 1. The fraction of sp³-hybridized carbons (Fsp3) is 0. The first kappa shape index (κ1) is 11.7. The Bertz CT molecular complexity index is 600. The van der Waals surface area contributed by atoms with Gasteiger partial charge >= 0.3 is 0 Å². The number of rotatable bonds is 1. The van der Waals surface area contributed by atoms with Crippen molar-refractivity contribution in [3.8, 4) is 17.2 Å². The van der Waals surface area contributed by atoms with Gasteiger partial charge in [-0.25, -0.2) is 8.78 Å². The molecule has 0 spiro atoms. The van der Waals surface area contributed by atoms with Crippen molar-refractivity contribution in [2.24, 2.45) is 0 Å². The van der Waals surface area contributed by atoms with Crippen LogP contribution in [0.15, 0.2) is 40.9 Å². The Labute approximate surface area is 105 Å². The van der Waals surface area contributed by atoms with E-state index in [1.165, 1.54) is 0 Å². The molecule has 0 radical (unpaired) electrons. The van der Waals surface area contributed by atoms with E-state index in [4.69, 9.17) is 5.26 Å². The van der Waals surface area contributed by atoms with E-state index >= 15 is 0 Å². The van der Waals surface area contributed by atoms with Crippen molar-refractivity contribution in [2.75, 3.05) is 0 Å². The summed E-state index contributed by atoms with van der Waals surface area (Å²) in [5.41, 5.74) is 1.79. The molecular formula is C13H6BrF2N. The van der Waals surface area contributed by atoms with E-state index in [2.05, 4.69) is 15.9 Å². The van der Waals surface area contributed by atoms with Gasteiger partial charge in [0.05, 0.1) is 11.6 Å². The van der Waals surface area contributed by atoms with E-state index in [1.807, 2.05) is 6.07 Å². The van der Waals surface area contributed by atoms with Crippen LogP contribution in [0.25, 0.3) is 11.1 Å². The lowest BCUT2D eigenvalue weighted by atomic mass is 10.0. The van der Waals surface area contributed by atoms with Gasteiger partial charge in [-0.3, -0.25) is 0 Å². The zero-order valence-electron chi connectivity index (χ0n) is 8.55. The lowest BCUT2D eigenvalue weighted by Crippen LogP contribution is -1.88. The molecule has 0 N–H and O–H groups in total. The normalized spacial score (nSPS) is 10.0. The lowest BCUT2D eigenvalue weighted by molar-refractivity contribution is 0.508. The standard InChI is InChI=1S/C13H6BrF2N/c14-11-6-13(16)12(15)5-10(11)9-3-1-8(7-17)2-4-9/h1-6H. The minimum atomic E-state index is -0.896. The van der Waals surface area contributed by atoms with E-state index < -0.39 is 11.6 Å². The predicted octanol–water partition coefficient (Wildman–Crippen LogP) is 4.27. The van der Waals surface area contributed by atoms with E-state index in [-0.39, 0.29) is 0 Å². The second-order valence-electron chi connectivity index (χ2n) is 3.44. The predicted molar refractivity (Wildman–Crippen MR) is 64.2 cm³/mol. The van der Waals surface area contributed by atoms with E-state index in [9.17, 15) is 8.78 Å². The van der Waals surface area contributed by atoms with Crippen molar-refractivity contribution in [3.63, 3.8) is 0 Å². The van der Waals surface area contributed by atoms with Gasteiger partial charge in [0.2, 0.25) is 0 Å². The quantitative estimate of drug-likeness (QED) is 0.721. The van der Waals surface area contributed by atoms with Crippen LogP contribution in [0, 0.1) is 23.0 Å². The van der Waals surface area contributed by atoms with E-state index in [1.54, 1.807) is 24.3 Å². The van der Waals surface area contributed by atoms with Crippen molar-refractivity contribution >= 4 is 15.9 Å². The molecule has 2 aromatic rings. The van der Waals surface area contributed by atoms with Crippen LogP contribution in [0.5, 0.6) is 0 Å². The van der Waals surface area contributed by atoms with Gasteiger partial charge in [-0.15, -0.1) is 0 Å². The number of nitrogens with zero attached hydrogens (tertiary/aromatic N) is 1. The molecule has 0 aromatic heterocycles. The first-order valence-corrected chi connectivity index (χ1v) is 5.56. The molecule has 0 aliphatic carbocycles. The van der Waals surface area contributed by atoms with Crippen molar-refractivity contribution < 1.29 is 8.78 Å². The van der Waals surface area contributed by atoms with Crippen LogP contribution in [-0.2, 0) is 0 Å². The van der Waals surface area contributed by atoms with Crippen LogP contribution >= 0.6 is 15.9 Å². The Morgan fingerprint density at radius 3 is 2.18 bits per heavy atom. The van der Waals surface area contributed by atoms with Crippen LogP contribution in [0.4, 0.5) is 8.78 Å². The SMILES string of the molecule is N#Cc1ccc(-c2cc(F)c(F)cc2Br)cc1. The molecular weight excluding hydrogens is 288 g/mol. The Hall–Kier alpha value is -1.73. The summed E-state index contributed by atoms with van der Waals surface area (Å²) in [7, 11) is 0. The first-order chi connectivity index (χ1) is 8.11. The summed E-state index contributed by atoms with van der Waals surface area (Å²) in [5, 5.41) is 8.67. The number of benzene rings is 2. The highest BCUT2D eigenvalue weighted by molar-refractivity contribution is 9.10. The van der Waals surface area contributed by atoms with Gasteiger partial charge < -0.3 is 0 Å². The lowest BCUT2D eigenvalue weighted by Gasteiger charge is -2.05. The zero-order valence-corrected chi connectivity index (χ0v) is 10.1. The molecule has 0 heterocycles. The average molecular weight is 294 g/mol. The van der Waals surface area contributed by atoms with Crippen molar-refractivity contribution in [1.29, 1.82) is 5.26 Å². The van der Waals surface area contributed by atoms with Crippen LogP contribution in [0.3, 0.4) is 0 Å². The minimum absolute atomic E-state index is 0.473. The summed E-state index contributed by atoms with van der Waals surface area (Å²) < 4.78 is 26.6. The summed E-state index contributed by atoms with van der Waals surface area (Å²) in [6, 6.07) is 10.8. The van der Waals surface area contributed by atoms with Gasteiger partial charge in [0.25, 0.3) is 0 Å². The van der Waals surface area contributed by atoms with Gasteiger partial charge in [-0.05, 0) is 35.4 Å². The molecule has 0 aliphatic rings. The van der Waals surface area contributed by atoms with Crippen molar-refractivity contribution in [3.05, 3.63) is 58.1 Å². The van der Waals surface area contributed by atoms with Crippen LogP contribution in [0.1, 0.15) is 5.56 Å². The molecule has 84 valence electrons. The van der Waals surface area contributed by atoms with Gasteiger partial charge in [0, 0.05) is 4.47 Å². The third-order valence-corrected chi connectivity index (χ3v) is 2.99. The molecule has 0 aliphatic heterocycles. The van der Waals surface area contributed by atoms with Gasteiger partial charge in [-0.2, -0.15) is 5.26 Å². The summed E-state index contributed by atoms with van der Waals surface area (Å²) in [6.07, 6.45) is 0. The molecule has 1 nitrogen and oxygen atoms in total. The smallest absolute Gasteiger partial charge is 0.159 e. The van der Waals surface area contributed by atoms with Gasteiger partial charge in [0.1, 0.15) is 0 Å². The van der Waals surface area contributed by atoms with Crippen LogP contribution in [0.2, 0.25) is 0 Å². The zero-order chi connectivity index (χ0) is 12.4. The number of hydrogen-bond donors (Lipinski definition) is 0. The summed E-state index contributed by atoms with van der Waals surface area (Å²) in [4.78, 5) is 0. The molecule has 0 atom stereocenters.